The second-order valence-corrected chi connectivity index (χ2v) is 12.2. The number of ketones is 1. The first-order valence-electron chi connectivity index (χ1n) is 11.9. The van der Waals surface area contributed by atoms with Crippen molar-refractivity contribution in [3.63, 3.8) is 0 Å². The first-order chi connectivity index (χ1) is 16.8. The molecule has 5 rings (SSSR count). The number of fused-ring (bicyclic) bond motifs is 1. The minimum atomic E-state index is -0.495. The van der Waals surface area contributed by atoms with Crippen LogP contribution in [0.25, 0.3) is 0 Å². The number of nitrogens with zero attached hydrogens (tertiary/aromatic N) is 3. The monoisotopic (exact) mass is 500 g/mol. The summed E-state index contributed by atoms with van der Waals surface area (Å²) in [7, 11) is 0. The molecule has 178 valence electrons. The molecule has 2 aromatic rings. The summed E-state index contributed by atoms with van der Waals surface area (Å²) in [4.78, 5) is 18.0. The van der Waals surface area contributed by atoms with Crippen LogP contribution >= 0.6 is 23.1 Å². The number of carbonyl (C=O) groups is 1. The van der Waals surface area contributed by atoms with E-state index >= 15 is 0 Å². The zero-order valence-electron chi connectivity index (χ0n) is 20.3. The Morgan fingerprint density at radius 2 is 1.83 bits per heavy atom. The molecule has 5 nitrogen and oxygen atoms in total. The number of allylic oxidation sites excluding steroid dienone is 3. The number of nitrogens with two attached hydrogens (primary N) is 1. The Hall–Kier alpha value is -3.00. The number of carbonyl (C=O) groups excluding carboxylic acids is 1. The maximum Gasteiger partial charge on any atom is 0.162 e. The van der Waals surface area contributed by atoms with E-state index < -0.39 is 5.92 Å². The predicted molar refractivity (Wildman–Crippen MR) is 141 cm³/mol. The lowest BCUT2D eigenvalue weighted by atomic mass is 9.68. The Kier molecular flexibility index (Phi) is 6.03. The Morgan fingerprint density at radius 1 is 1.11 bits per heavy atom. The van der Waals surface area contributed by atoms with Crippen LogP contribution in [-0.4, -0.2) is 12.0 Å². The summed E-state index contributed by atoms with van der Waals surface area (Å²) in [6.45, 7) is 4.19. The van der Waals surface area contributed by atoms with Crippen molar-refractivity contribution in [1.82, 2.24) is 0 Å². The number of benzene rings is 1. The van der Waals surface area contributed by atoms with Crippen LogP contribution in [-0.2, 0) is 17.6 Å². The first kappa shape index (κ1) is 23.7. The molecule has 1 atom stereocenters. The molecule has 2 aliphatic carbocycles. The lowest BCUT2D eigenvalue weighted by Gasteiger charge is -2.43. The lowest BCUT2D eigenvalue weighted by molar-refractivity contribution is -0.118. The SMILES string of the molecule is CSc1ccc([C@H]2C(C#N)=C(N)N(c3sc4c(c3C#N)CCCC4)C3=C2C(=O)CC(C)(C)C3)cc1. The van der Waals surface area contributed by atoms with E-state index in [0.717, 1.165) is 52.4 Å². The summed E-state index contributed by atoms with van der Waals surface area (Å²) in [6, 6.07) is 12.8. The number of hydrogen-bond donors (Lipinski definition) is 1. The fraction of sp³-hybridized carbons (Fsp3) is 0.393. The Balaban J connectivity index is 1.77. The van der Waals surface area contributed by atoms with Gasteiger partial charge in [0.15, 0.2) is 5.78 Å². The van der Waals surface area contributed by atoms with Gasteiger partial charge in [0.2, 0.25) is 0 Å². The van der Waals surface area contributed by atoms with Gasteiger partial charge in [0.1, 0.15) is 16.9 Å². The molecule has 1 aliphatic heterocycles. The van der Waals surface area contributed by atoms with Crippen molar-refractivity contribution >= 4 is 33.9 Å². The van der Waals surface area contributed by atoms with Crippen molar-refractivity contribution in [3.8, 4) is 12.1 Å². The molecule has 0 amide bonds. The lowest BCUT2D eigenvalue weighted by Crippen LogP contribution is -2.42. The van der Waals surface area contributed by atoms with Crippen LogP contribution in [0.2, 0.25) is 0 Å². The maximum absolute atomic E-state index is 13.7. The number of hydrogen-bond acceptors (Lipinski definition) is 7. The first-order valence-corrected chi connectivity index (χ1v) is 14.0. The molecule has 1 aromatic heterocycles. The molecule has 0 spiro atoms. The summed E-state index contributed by atoms with van der Waals surface area (Å²) < 4.78 is 0. The molecule has 7 heteroatoms. The number of rotatable bonds is 3. The minimum Gasteiger partial charge on any atom is -0.384 e. The topological polar surface area (TPSA) is 93.9 Å². The van der Waals surface area contributed by atoms with E-state index in [2.05, 4.69) is 26.0 Å². The third-order valence-electron chi connectivity index (χ3n) is 7.30. The van der Waals surface area contributed by atoms with Crippen molar-refractivity contribution in [2.45, 2.75) is 63.2 Å². The smallest absolute Gasteiger partial charge is 0.162 e. The van der Waals surface area contributed by atoms with Crippen LogP contribution in [0.15, 0.2) is 51.8 Å². The molecule has 3 aliphatic rings. The normalized spacial score (nSPS) is 21.3. The van der Waals surface area contributed by atoms with Crippen LogP contribution in [0.4, 0.5) is 5.00 Å². The summed E-state index contributed by atoms with van der Waals surface area (Å²) in [5, 5.41) is 21.2. The average Bonchev–Trinajstić information content (AvgIpc) is 3.20. The van der Waals surface area contributed by atoms with Gasteiger partial charge in [-0.05, 0) is 67.0 Å². The van der Waals surface area contributed by atoms with Crippen LogP contribution in [0.3, 0.4) is 0 Å². The highest BCUT2D eigenvalue weighted by Gasteiger charge is 2.45. The Labute approximate surface area is 214 Å². The Bertz CT molecular complexity index is 1370. The third kappa shape index (κ3) is 3.88. The van der Waals surface area contributed by atoms with Gasteiger partial charge in [-0.25, -0.2) is 0 Å². The zero-order valence-corrected chi connectivity index (χ0v) is 21.9. The summed E-state index contributed by atoms with van der Waals surface area (Å²) >= 11 is 3.25. The van der Waals surface area contributed by atoms with Gasteiger partial charge in [-0.15, -0.1) is 23.1 Å². The van der Waals surface area contributed by atoms with Crippen LogP contribution in [0.5, 0.6) is 0 Å². The molecule has 0 unspecified atom stereocenters. The highest BCUT2D eigenvalue weighted by molar-refractivity contribution is 7.98. The number of Topliss-reactive ketones (excluding diaryl/α,β-unsaturated/α-hetero) is 1. The van der Waals surface area contributed by atoms with E-state index in [1.807, 2.05) is 35.4 Å². The molecule has 0 saturated heterocycles. The van der Waals surface area contributed by atoms with Gasteiger partial charge in [0.25, 0.3) is 0 Å². The quantitative estimate of drug-likeness (QED) is 0.507. The molecular formula is C28H28N4OS2. The highest BCUT2D eigenvalue weighted by Crippen LogP contribution is 2.52. The predicted octanol–water partition coefficient (Wildman–Crippen LogP) is 6.16. The molecular weight excluding hydrogens is 472 g/mol. The standard InChI is InChI=1S/C28H28N4OS2/c1-28(2)12-21-25(22(33)13-28)24(16-8-10-17(34-3)11-9-16)20(15-30)26(31)32(21)27-19(14-29)18-6-4-5-7-23(18)35-27/h8-11,24H,4-7,12-13,31H2,1-3H3/t24-/m0/s1. The zero-order chi connectivity index (χ0) is 24.9. The van der Waals surface area contributed by atoms with Crippen molar-refractivity contribution in [3.05, 3.63) is 68.5 Å². The molecule has 2 heterocycles. The number of anilines is 1. The van der Waals surface area contributed by atoms with E-state index in [9.17, 15) is 15.3 Å². The largest absolute Gasteiger partial charge is 0.384 e. The van der Waals surface area contributed by atoms with E-state index in [4.69, 9.17) is 5.73 Å². The van der Waals surface area contributed by atoms with Crippen molar-refractivity contribution in [2.75, 3.05) is 11.2 Å². The van der Waals surface area contributed by atoms with E-state index in [-0.39, 0.29) is 11.2 Å². The molecule has 0 radical (unpaired) electrons. The average molecular weight is 501 g/mol. The molecule has 0 saturated carbocycles. The summed E-state index contributed by atoms with van der Waals surface area (Å²) in [5.41, 5.74) is 11.1. The molecule has 0 bridgehead atoms. The minimum absolute atomic E-state index is 0.0558. The van der Waals surface area contributed by atoms with Crippen LogP contribution in [0.1, 0.15) is 67.0 Å². The van der Waals surface area contributed by atoms with Gasteiger partial charge in [-0.3, -0.25) is 9.69 Å². The van der Waals surface area contributed by atoms with E-state index in [1.165, 1.54) is 4.88 Å². The summed E-state index contributed by atoms with van der Waals surface area (Å²) in [6.07, 6.45) is 7.12. The van der Waals surface area contributed by atoms with Crippen LogP contribution in [0, 0.1) is 28.1 Å². The van der Waals surface area contributed by atoms with Gasteiger partial charge in [0, 0.05) is 27.5 Å². The van der Waals surface area contributed by atoms with E-state index in [0.29, 0.717) is 35.4 Å². The number of thiophene rings is 1. The highest BCUT2D eigenvalue weighted by atomic mass is 32.2. The Morgan fingerprint density at radius 3 is 2.49 bits per heavy atom. The molecule has 35 heavy (non-hydrogen) atoms. The van der Waals surface area contributed by atoms with Gasteiger partial charge in [-0.2, -0.15) is 10.5 Å². The van der Waals surface area contributed by atoms with Gasteiger partial charge in [-0.1, -0.05) is 26.0 Å². The summed E-state index contributed by atoms with van der Waals surface area (Å²) in [5.74, 6) is -0.100. The van der Waals surface area contributed by atoms with Gasteiger partial charge < -0.3 is 5.73 Å². The van der Waals surface area contributed by atoms with Crippen molar-refractivity contribution < 1.29 is 4.79 Å². The van der Waals surface area contributed by atoms with Crippen LogP contribution < -0.4 is 10.6 Å². The van der Waals surface area contributed by atoms with E-state index in [1.54, 1.807) is 23.1 Å². The fourth-order valence-corrected chi connectivity index (χ4v) is 7.48. The second-order valence-electron chi connectivity index (χ2n) is 10.3. The van der Waals surface area contributed by atoms with Crippen molar-refractivity contribution in [2.24, 2.45) is 11.1 Å². The van der Waals surface area contributed by atoms with Gasteiger partial charge >= 0.3 is 0 Å². The molecule has 0 fully saturated rings. The number of nitriles is 2. The second kappa shape index (κ2) is 8.90. The molecule has 1 aromatic carbocycles. The number of aryl methyl sites for hydroxylation is 1. The molecule has 2 N–H and O–H groups in total. The fourth-order valence-electron chi connectivity index (χ4n) is 5.69. The third-order valence-corrected chi connectivity index (χ3v) is 9.32. The number of thioether (sulfide) groups is 1. The van der Waals surface area contributed by atoms with Gasteiger partial charge in [0.05, 0.1) is 23.1 Å². The van der Waals surface area contributed by atoms with Crippen molar-refractivity contribution in [1.29, 1.82) is 10.5 Å². The maximum atomic E-state index is 13.7.